The van der Waals surface area contributed by atoms with Crippen LogP contribution in [0, 0.1) is 0 Å². The highest BCUT2D eigenvalue weighted by Gasteiger charge is 2.37. The van der Waals surface area contributed by atoms with Crippen molar-refractivity contribution < 1.29 is 13.2 Å². The summed E-state index contributed by atoms with van der Waals surface area (Å²) in [4.78, 5) is 1.58. The Balaban J connectivity index is 2.28. The maximum Gasteiger partial charge on any atom is 0.401 e. The highest BCUT2D eigenvalue weighted by Crippen LogP contribution is 2.30. The van der Waals surface area contributed by atoms with Gasteiger partial charge in [-0.25, -0.2) is 0 Å². The SMILES string of the molecule is CCNC(C)CCN(CC(F)(F)F)C1CC1. The molecule has 1 aliphatic carbocycles. The molecule has 1 fully saturated rings. The van der Waals surface area contributed by atoms with Crippen molar-refractivity contribution in [3.05, 3.63) is 0 Å². The Bertz CT molecular complexity index is 202. The van der Waals surface area contributed by atoms with Gasteiger partial charge in [-0.05, 0) is 32.7 Å². The average Bonchev–Trinajstić information content (AvgIpc) is 2.94. The predicted octanol–water partition coefficient (Wildman–Crippen LogP) is 2.40. The first-order valence-electron chi connectivity index (χ1n) is 5.96. The number of nitrogens with zero attached hydrogens (tertiary/aromatic N) is 1. The van der Waals surface area contributed by atoms with E-state index in [1.165, 1.54) is 0 Å². The quantitative estimate of drug-likeness (QED) is 0.732. The summed E-state index contributed by atoms with van der Waals surface area (Å²) < 4.78 is 36.9. The molecule has 5 heteroatoms. The maximum absolute atomic E-state index is 12.3. The number of rotatable bonds is 7. The second-order valence-electron chi connectivity index (χ2n) is 4.56. The van der Waals surface area contributed by atoms with Crippen LogP contribution >= 0.6 is 0 Å². The number of hydrogen-bond acceptors (Lipinski definition) is 2. The van der Waals surface area contributed by atoms with Crippen LogP contribution in [0.4, 0.5) is 13.2 Å². The molecule has 2 nitrogen and oxygen atoms in total. The van der Waals surface area contributed by atoms with Crippen LogP contribution in [-0.4, -0.2) is 42.8 Å². The molecule has 0 heterocycles. The van der Waals surface area contributed by atoms with Crippen molar-refractivity contribution in [2.75, 3.05) is 19.6 Å². The van der Waals surface area contributed by atoms with E-state index in [1.54, 1.807) is 4.90 Å². The van der Waals surface area contributed by atoms with Crippen LogP contribution in [-0.2, 0) is 0 Å². The summed E-state index contributed by atoms with van der Waals surface area (Å²) >= 11 is 0. The fourth-order valence-electron chi connectivity index (χ4n) is 1.87. The van der Waals surface area contributed by atoms with Crippen LogP contribution in [0.2, 0.25) is 0 Å². The maximum atomic E-state index is 12.3. The molecule has 0 radical (unpaired) electrons. The minimum atomic E-state index is -4.07. The van der Waals surface area contributed by atoms with Gasteiger partial charge in [0.05, 0.1) is 6.54 Å². The van der Waals surface area contributed by atoms with Crippen molar-refractivity contribution in [1.29, 1.82) is 0 Å². The van der Waals surface area contributed by atoms with Gasteiger partial charge in [0, 0.05) is 18.6 Å². The van der Waals surface area contributed by atoms with E-state index in [0.717, 1.165) is 25.8 Å². The minimum Gasteiger partial charge on any atom is -0.314 e. The first-order chi connectivity index (χ1) is 7.42. The van der Waals surface area contributed by atoms with Gasteiger partial charge in [-0.3, -0.25) is 4.90 Å². The third kappa shape index (κ3) is 5.70. The lowest BCUT2D eigenvalue weighted by Crippen LogP contribution is -2.39. The van der Waals surface area contributed by atoms with Gasteiger partial charge in [-0.15, -0.1) is 0 Å². The molecule has 1 saturated carbocycles. The van der Waals surface area contributed by atoms with Crippen molar-refractivity contribution in [2.24, 2.45) is 0 Å². The Hall–Kier alpha value is -0.290. The normalized spacial score (nSPS) is 19.1. The Morgan fingerprint density at radius 3 is 2.44 bits per heavy atom. The number of alkyl halides is 3. The molecule has 1 rings (SSSR count). The zero-order chi connectivity index (χ0) is 12.2. The van der Waals surface area contributed by atoms with Crippen molar-refractivity contribution in [3.63, 3.8) is 0 Å². The van der Waals surface area contributed by atoms with Crippen LogP contribution in [0.1, 0.15) is 33.1 Å². The van der Waals surface area contributed by atoms with Gasteiger partial charge in [0.1, 0.15) is 0 Å². The highest BCUT2D eigenvalue weighted by atomic mass is 19.4. The second-order valence-corrected chi connectivity index (χ2v) is 4.56. The zero-order valence-electron chi connectivity index (χ0n) is 9.98. The number of halogens is 3. The molecular weight excluding hydrogens is 217 g/mol. The van der Waals surface area contributed by atoms with Gasteiger partial charge in [0.2, 0.25) is 0 Å². The fraction of sp³-hybridized carbons (Fsp3) is 1.00. The molecule has 1 N–H and O–H groups in total. The van der Waals surface area contributed by atoms with E-state index in [9.17, 15) is 13.2 Å². The van der Waals surface area contributed by atoms with Crippen molar-refractivity contribution in [1.82, 2.24) is 10.2 Å². The van der Waals surface area contributed by atoms with Gasteiger partial charge in [0.15, 0.2) is 0 Å². The Morgan fingerprint density at radius 2 is 2.00 bits per heavy atom. The number of hydrogen-bond donors (Lipinski definition) is 1. The Kier molecular flexibility index (Phi) is 5.05. The molecule has 0 aromatic heterocycles. The second kappa shape index (κ2) is 5.87. The van der Waals surface area contributed by atoms with Crippen LogP contribution in [0.3, 0.4) is 0 Å². The smallest absolute Gasteiger partial charge is 0.314 e. The van der Waals surface area contributed by atoms with E-state index < -0.39 is 12.7 Å². The molecule has 0 amide bonds. The molecule has 0 aromatic rings. The third-order valence-electron chi connectivity index (χ3n) is 2.85. The van der Waals surface area contributed by atoms with Crippen LogP contribution in [0.25, 0.3) is 0 Å². The molecule has 16 heavy (non-hydrogen) atoms. The van der Waals surface area contributed by atoms with E-state index in [-0.39, 0.29) is 6.04 Å². The molecule has 0 aliphatic heterocycles. The molecule has 1 aliphatic rings. The van der Waals surface area contributed by atoms with Crippen molar-refractivity contribution in [2.45, 2.75) is 51.4 Å². The highest BCUT2D eigenvalue weighted by molar-refractivity contribution is 4.86. The molecule has 1 unspecified atom stereocenters. The van der Waals surface area contributed by atoms with E-state index >= 15 is 0 Å². The summed E-state index contributed by atoms with van der Waals surface area (Å²) in [5.74, 6) is 0. The Labute approximate surface area is 95.2 Å². The van der Waals surface area contributed by atoms with Crippen molar-refractivity contribution in [3.8, 4) is 0 Å². The molecule has 96 valence electrons. The molecule has 0 aromatic carbocycles. The molecule has 0 bridgehead atoms. The van der Waals surface area contributed by atoms with Gasteiger partial charge >= 0.3 is 6.18 Å². The lowest BCUT2D eigenvalue weighted by molar-refractivity contribution is -0.147. The van der Waals surface area contributed by atoms with Crippen molar-refractivity contribution >= 4 is 0 Å². The molecule has 0 saturated heterocycles. The first-order valence-corrected chi connectivity index (χ1v) is 5.96. The summed E-state index contributed by atoms with van der Waals surface area (Å²) in [5.41, 5.74) is 0. The molecule has 1 atom stereocenters. The van der Waals surface area contributed by atoms with E-state index in [0.29, 0.717) is 12.6 Å². The summed E-state index contributed by atoms with van der Waals surface area (Å²) in [6.45, 7) is 4.67. The summed E-state index contributed by atoms with van der Waals surface area (Å²) in [5, 5.41) is 3.22. The lowest BCUT2D eigenvalue weighted by atomic mass is 10.2. The zero-order valence-corrected chi connectivity index (χ0v) is 9.98. The standard InChI is InChI=1S/C11H21F3N2/c1-3-15-9(2)6-7-16(10-4-5-10)8-11(12,13)14/h9-10,15H,3-8H2,1-2H3. The van der Waals surface area contributed by atoms with E-state index in [4.69, 9.17) is 0 Å². The topological polar surface area (TPSA) is 15.3 Å². The Morgan fingerprint density at radius 1 is 1.38 bits per heavy atom. The summed E-state index contributed by atoms with van der Waals surface area (Å²) in [7, 11) is 0. The van der Waals surface area contributed by atoms with Gasteiger partial charge < -0.3 is 5.32 Å². The molecular formula is C11H21F3N2. The third-order valence-corrected chi connectivity index (χ3v) is 2.85. The predicted molar refractivity (Wildman–Crippen MR) is 58.4 cm³/mol. The lowest BCUT2D eigenvalue weighted by Gasteiger charge is -2.25. The van der Waals surface area contributed by atoms with Gasteiger partial charge in [0.25, 0.3) is 0 Å². The first kappa shape index (κ1) is 13.8. The summed E-state index contributed by atoms with van der Waals surface area (Å²) in [6.07, 6.45) is -1.44. The monoisotopic (exact) mass is 238 g/mol. The van der Waals surface area contributed by atoms with Gasteiger partial charge in [-0.1, -0.05) is 6.92 Å². The average molecular weight is 238 g/mol. The van der Waals surface area contributed by atoms with E-state index in [1.807, 2.05) is 13.8 Å². The van der Waals surface area contributed by atoms with Crippen LogP contribution in [0.15, 0.2) is 0 Å². The van der Waals surface area contributed by atoms with Crippen LogP contribution in [0.5, 0.6) is 0 Å². The number of nitrogens with one attached hydrogen (secondary N) is 1. The summed E-state index contributed by atoms with van der Waals surface area (Å²) in [6, 6.07) is 0.468. The molecule has 0 spiro atoms. The van der Waals surface area contributed by atoms with Gasteiger partial charge in [-0.2, -0.15) is 13.2 Å². The fourth-order valence-corrected chi connectivity index (χ4v) is 1.87. The van der Waals surface area contributed by atoms with E-state index in [2.05, 4.69) is 5.32 Å². The largest absolute Gasteiger partial charge is 0.401 e. The minimum absolute atomic E-state index is 0.176. The van der Waals surface area contributed by atoms with Crippen LogP contribution < -0.4 is 5.32 Å².